The largest absolute Gasteiger partial charge is 0.465 e. The van der Waals surface area contributed by atoms with E-state index in [0.29, 0.717) is 5.75 Å². The van der Waals surface area contributed by atoms with Crippen LogP contribution in [0.1, 0.15) is 20.7 Å². The molecule has 2 aromatic carbocycles. The molecule has 0 amide bonds. The molecule has 0 atom stereocenters. The Labute approximate surface area is 132 Å². The summed E-state index contributed by atoms with van der Waals surface area (Å²) >= 11 is 0. The van der Waals surface area contributed by atoms with Crippen molar-refractivity contribution in [2.24, 2.45) is 0 Å². The van der Waals surface area contributed by atoms with Gasteiger partial charge in [0.25, 0.3) is 0 Å². The van der Waals surface area contributed by atoms with Gasteiger partial charge in [-0.25, -0.2) is 9.59 Å². The molecule has 0 aliphatic heterocycles. The molecule has 0 aliphatic carbocycles. The van der Waals surface area contributed by atoms with E-state index in [1.54, 1.807) is 54.9 Å². The van der Waals surface area contributed by atoms with Crippen LogP contribution in [-0.4, -0.2) is 24.0 Å². The van der Waals surface area contributed by atoms with Crippen LogP contribution in [0.3, 0.4) is 0 Å². The lowest BCUT2D eigenvalue weighted by Crippen LogP contribution is -2.15. The van der Waals surface area contributed by atoms with Crippen molar-refractivity contribution in [2.75, 3.05) is 7.11 Å². The summed E-state index contributed by atoms with van der Waals surface area (Å²) in [6.45, 7) is 0. The van der Waals surface area contributed by atoms with Crippen molar-refractivity contribution in [3.05, 3.63) is 72.1 Å². The molecule has 5 nitrogen and oxygen atoms in total. The second kappa shape index (κ2) is 6.27. The smallest absolute Gasteiger partial charge is 0.344 e. The monoisotopic (exact) mass is 307 g/mol. The van der Waals surface area contributed by atoms with Crippen molar-refractivity contribution >= 4 is 22.7 Å². The first-order chi connectivity index (χ1) is 11.2. The van der Waals surface area contributed by atoms with Crippen molar-refractivity contribution in [2.45, 2.75) is 0 Å². The summed E-state index contributed by atoms with van der Waals surface area (Å²) in [6.07, 6.45) is 3.24. The van der Waals surface area contributed by atoms with Crippen LogP contribution in [0.4, 0.5) is 0 Å². The highest BCUT2D eigenvalue weighted by Crippen LogP contribution is 2.22. The number of fused-ring (bicyclic) bond motifs is 1. The maximum atomic E-state index is 12.4. The van der Waals surface area contributed by atoms with Crippen molar-refractivity contribution in [1.29, 1.82) is 0 Å². The van der Waals surface area contributed by atoms with Gasteiger partial charge in [-0.2, -0.15) is 0 Å². The molecule has 0 fully saturated rings. The lowest BCUT2D eigenvalue weighted by Gasteiger charge is -2.10. The highest BCUT2D eigenvalue weighted by atomic mass is 16.5. The van der Waals surface area contributed by atoms with E-state index in [1.165, 1.54) is 7.11 Å². The van der Waals surface area contributed by atoms with Gasteiger partial charge in [0.2, 0.25) is 0 Å². The van der Waals surface area contributed by atoms with E-state index in [0.717, 1.165) is 10.8 Å². The van der Waals surface area contributed by atoms with E-state index in [9.17, 15) is 9.59 Å². The third kappa shape index (κ3) is 3.03. The van der Waals surface area contributed by atoms with E-state index in [1.807, 2.05) is 6.07 Å². The summed E-state index contributed by atoms with van der Waals surface area (Å²) < 4.78 is 10.1. The highest BCUT2D eigenvalue weighted by molar-refractivity contribution is 6.07. The molecule has 0 N–H and O–H groups in total. The van der Waals surface area contributed by atoms with Gasteiger partial charge < -0.3 is 9.47 Å². The fourth-order valence-electron chi connectivity index (χ4n) is 2.23. The van der Waals surface area contributed by atoms with Gasteiger partial charge in [0.1, 0.15) is 5.75 Å². The number of esters is 2. The number of carbonyl (C=O) groups is 2. The minimum atomic E-state index is -0.623. The molecule has 23 heavy (non-hydrogen) atoms. The average Bonchev–Trinajstić information content (AvgIpc) is 2.60. The van der Waals surface area contributed by atoms with E-state index in [2.05, 4.69) is 4.98 Å². The number of ether oxygens (including phenoxy) is 2. The van der Waals surface area contributed by atoms with Crippen LogP contribution >= 0.6 is 0 Å². The van der Waals surface area contributed by atoms with Crippen LogP contribution < -0.4 is 4.74 Å². The fraction of sp³-hybridized carbons (Fsp3) is 0.0556. The summed E-state index contributed by atoms with van der Waals surface area (Å²) in [4.78, 5) is 28.5. The highest BCUT2D eigenvalue weighted by Gasteiger charge is 2.20. The Bertz CT molecular complexity index is 875. The Morgan fingerprint density at radius 3 is 2.35 bits per heavy atom. The van der Waals surface area contributed by atoms with Crippen LogP contribution in [0.5, 0.6) is 5.75 Å². The fourth-order valence-corrected chi connectivity index (χ4v) is 2.23. The van der Waals surface area contributed by atoms with Crippen LogP contribution in [0.25, 0.3) is 10.8 Å². The standard InChI is InChI=1S/C18H13NO4/c1-22-17(20)15-9-12-7-8-19-11-13(12)10-16(15)18(21)23-14-5-3-2-4-6-14/h2-11H,1H3. The molecule has 0 bridgehead atoms. The number of rotatable bonds is 3. The summed E-state index contributed by atoms with van der Waals surface area (Å²) in [5.74, 6) is -0.814. The zero-order valence-electron chi connectivity index (χ0n) is 12.4. The lowest BCUT2D eigenvalue weighted by molar-refractivity contribution is 0.0588. The molecule has 1 aromatic heterocycles. The number of carbonyl (C=O) groups excluding carboxylic acids is 2. The SMILES string of the molecule is COC(=O)c1cc2ccncc2cc1C(=O)Oc1ccccc1. The number of hydrogen-bond donors (Lipinski definition) is 0. The summed E-state index contributed by atoms with van der Waals surface area (Å²) in [6, 6.07) is 13.6. The molecule has 0 saturated heterocycles. The van der Waals surface area contributed by atoms with Gasteiger partial charge in [0.15, 0.2) is 0 Å². The maximum Gasteiger partial charge on any atom is 0.344 e. The van der Waals surface area contributed by atoms with Gasteiger partial charge in [-0.15, -0.1) is 0 Å². The Hall–Kier alpha value is -3.21. The van der Waals surface area contributed by atoms with Gasteiger partial charge in [-0.05, 0) is 35.7 Å². The molecule has 0 aliphatic rings. The third-order valence-corrected chi connectivity index (χ3v) is 3.36. The van der Waals surface area contributed by atoms with Gasteiger partial charge in [-0.1, -0.05) is 18.2 Å². The predicted molar refractivity (Wildman–Crippen MR) is 84.5 cm³/mol. The van der Waals surface area contributed by atoms with Gasteiger partial charge >= 0.3 is 11.9 Å². The zero-order valence-corrected chi connectivity index (χ0v) is 12.4. The molecular weight excluding hydrogens is 294 g/mol. The number of benzene rings is 2. The third-order valence-electron chi connectivity index (χ3n) is 3.36. The molecular formula is C18H13NO4. The minimum absolute atomic E-state index is 0.140. The number of methoxy groups -OCH3 is 1. The van der Waals surface area contributed by atoms with Crippen molar-refractivity contribution in [1.82, 2.24) is 4.98 Å². The number of pyridine rings is 1. The molecule has 3 rings (SSSR count). The van der Waals surface area contributed by atoms with Crippen LogP contribution in [0, 0.1) is 0 Å². The first-order valence-electron chi connectivity index (χ1n) is 6.92. The Morgan fingerprint density at radius 2 is 1.61 bits per heavy atom. The second-order valence-corrected chi connectivity index (χ2v) is 4.81. The minimum Gasteiger partial charge on any atom is -0.465 e. The van der Waals surface area contributed by atoms with Crippen LogP contribution in [0.2, 0.25) is 0 Å². The maximum absolute atomic E-state index is 12.4. The number of aromatic nitrogens is 1. The van der Waals surface area contributed by atoms with E-state index in [4.69, 9.17) is 9.47 Å². The number of hydrogen-bond acceptors (Lipinski definition) is 5. The van der Waals surface area contributed by atoms with Crippen LogP contribution in [-0.2, 0) is 4.74 Å². The van der Waals surface area contributed by atoms with Crippen molar-refractivity contribution in [3.8, 4) is 5.75 Å². The van der Waals surface area contributed by atoms with Crippen molar-refractivity contribution in [3.63, 3.8) is 0 Å². The lowest BCUT2D eigenvalue weighted by atomic mass is 10.0. The normalized spacial score (nSPS) is 10.3. The first-order valence-corrected chi connectivity index (χ1v) is 6.92. The van der Waals surface area contributed by atoms with Gasteiger partial charge in [0.05, 0.1) is 18.2 Å². The molecule has 1 heterocycles. The molecule has 3 aromatic rings. The Morgan fingerprint density at radius 1 is 0.913 bits per heavy atom. The van der Waals surface area contributed by atoms with Crippen LogP contribution in [0.15, 0.2) is 60.9 Å². The Balaban J connectivity index is 2.07. The average molecular weight is 307 g/mol. The first kappa shape index (κ1) is 14.7. The van der Waals surface area contributed by atoms with E-state index < -0.39 is 11.9 Å². The second-order valence-electron chi connectivity index (χ2n) is 4.81. The molecule has 0 saturated carbocycles. The number of para-hydroxylation sites is 1. The quantitative estimate of drug-likeness (QED) is 0.549. The molecule has 114 valence electrons. The Kier molecular flexibility index (Phi) is 4.01. The van der Waals surface area contributed by atoms with Gasteiger partial charge in [0, 0.05) is 17.8 Å². The summed E-state index contributed by atoms with van der Waals surface area (Å²) in [5, 5.41) is 1.52. The molecule has 0 unspecified atom stereocenters. The van der Waals surface area contributed by atoms with E-state index in [-0.39, 0.29) is 11.1 Å². The van der Waals surface area contributed by atoms with Gasteiger partial charge in [-0.3, -0.25) is 4.98 Å². The topological polar surface area (TPSA) is 65.5 Å². The van der Waals surface area contributed by atoms with E-state index >= 15 is 0 Å². The summed E-state index contributed by atoms with van der Waals surface area (Å²) in [7, 11) is 1.27. The zero-order chi connectivity index (χ0) is 16.2. The molecule has 5 heteroatoms. The predicted octanol–water partition coefficient (Wildman–Crippen LogP) is 3.24. The number of nitrogens with zero attached hydrogens (tertiary/aromatic N) is 1. The summed E-state index contributed by atoms with van der Waals surface area (Å²) in [5.41, 5.74) is 0.299. The van der Waals surface area contributed by atoms with Crippen molar-refractivity contribution < 1.29 is 19.1 Å². The molecule has 0 radical (unpaired) electrons. The molecule has 0 spiro atoms.